The van der Waals surface area contributed by atoms with Crippen LogP contribution in [0.3, 0.4) is 0 Å². The lowest BCUT2D eigenvalue weighted by atomic mass is 10.2. The molecule has 1 aromatic heterocycles. The van der Waals surface area contributed by atoms with Gasteiger partial charge >= 0.3 is 5.97 Å². The second-order valence-corrected chi connectivity index (χ2v) is 4.56. The van der Waals surface area contributed by atoms with E-state index in [1.54, 1.807) is 6.92 Å². The van der Waals surface area contributed by atoms with Gasteiger partial charge in [-0.3, -0.25) is 0 Å². The number of nitrogen functional groups attached to an aromatic ring is 1. The Kier molecular flexibility index (Phi) is 3.09. The Morgan fingerprint density at radius 3 is 2.82 bits per heavy atom. The van der Waals surface area contributed by atoms with Crippen molar-refractivity contribution in [1.82, 2.24) is 9.55 Å². The highest BCUT2D eigenvalue weighted by Crippen LogP contribution is 2.41. The zero-order chi connectivity index (χ0) is 12.6. The van der Waals surface area contributed by atoms with Gasteiger partial charge in [0.15, 0.2) is 5.69 Å². The fourth-order valence-corrected chi connectivity index (χ4v) is 2.21. The molecule has 0 amide bonds. The summed E-state index contributed by atoms with van der Waals surface area (Å²) in [7, 11) is 0. The maximum Gasteiger partial charge on any atom is 0.360 e. The molecule has 17 heavy (non-hydrogen) atoms. The monoisotopic (exact) mass is 237 g/mol. The summed E-state index contributed by atoms with van der Waals surface area (Å²) in [4.78, 5) is 15.9. The number of ether oxygens (including phenoxy) is 1. The Morgan fingerprint density at radius 1 is 1.65 bits per heavy atom. The normalized spacial score (nSPS) is 16.9. The molecule has 94 valence electrons. The van der Waals surface area contributed by atoms with Gasteiger partial charge in [0, 0.05) is 6.04 Å². The minimum atomic E-state index is -0.435. The molecule has 2 rings (SSSR count). The number of hydrogen-bond donors (Lipinski definition) is 1. The lowest BCUT2D eigenvalue weighted by Gasteiger charge is -2.15. The second-order valence-electron chi connectivity index (χ2n) is 4.56. The molecule has 1 atom stereocenters. The van der Waals surface area contributed by atoms with Crippen LogP contribution in [-0.4, -0.2) is 22.1 Å². The van der Waals surface area contributed by atoms with Crippen molar-refractivity contribution in [1.29, 1.82) is 0 Å². The highest BCUT2D eigenvalue weighted by Gasteiger charge is 2.32. The molecule has 1 saturated carbocycles. The van der Waals surface area contributed by atoms with Crippen LogP contribution < -0.4 is 5.73 Å². The summed E-state index contributed by atoms with van der Waals surface area (Å²) in [6.45, 7) is 6.10. The fourth-order valence-electron chi connectivity index (χ4n) is 2.21. The molecular formula is C12H19N3O2. The van der Waals surface area contributed by atoms with Gasteiger partial charge in [-0.15, -0.1) is 0 Å². The Bertz CT molecular complexity index is 435. The first kappa shape index (κ1) is 12.0. The van der Waals surface area contributed by atoms with E-state index in [0.29, 0.717) is 24.4 Å². The Hall–Kier alpha value is -1.52. The predicted octanol–water partition coefficient (Wildman–Crippen LogP) is 1.92. The minimum absolute atomic E-state index is 0.247. The molecule has 0 radical (unpaired) electrons. The van der Waals surface area contributed by atoms with Gasteiger partial charge < -0.3 is 15.0 Å². The number of aromatic nitrogens is 2. The van der Waals surface area contributed by atoms with Gasteiger partial charge in [-0.05, 0) is 39.5 Å². The minimum Gasteiger partial charge on any atom is -0.461 e. The van der Waals surface area contributed by atoms with E-state index in [-0.39, 0.29) is 5.69 Å². The molecule has 1 aromatic rings. The molecule has 1 heterocycles. The molecule has 0 spiro atoms. The second kappa shape index (κ2) is 4.39. The SMILES string of the molecule is CCOC(=O)c1nc(C)n(C(C)C2CC2)c1N. The number of nitrogens with two attached hydrogens (primary N) is 1. The van der Waals surface area contributed by atoms with Crippen LogP contribution in [0.15, 0.2) is 0 Å². The van der Waals surface area contributed by atoms with Crippen molar-refractivity contribution in [3.8, 4) is 0 Å². The van der Waals surface area contributed by atoms with Crippen LogP contribution >= 0.6 is 0 Å². The number of esters is 1. The number of nitrogens with zero attached hydrogens (tertiary/aromatic N) is 2. The maximum absolute atomic E-state index is 11.7. The van der Waals surface area contributed by atoms with E-state index in [0.717, 1.165) is 5.82 Å². The summed E-state index contributed by atoms with van der Waals surface area (Å²) in [5, 5.41) is 0. The fraction of sp³-hybridized carbons (Fsp3) is 0.667. The summed E-state index contributed by atoms with van der Waals surface area (Å²) in [6, 6.07) is 0.311. The number of hydrogen-bond acceptors (Lipinski definition) is 4. The first-order valence-corrected chi connectivity index (χ1v) is 6.07. The van der Waals surface area contributed by atoms with Gasteiger partial charge in [0.05, 0.1) is 6.61 Å². The molecule has 0 bridgehead atoms. The maximum atomic E-state index is 11.7. The standard InChI is InChI=1S/C12H19N3O2/c1-4-17-12(16)10-11(13)15(8(3)14-10)7(2)9-5-6-9/h7,9H,4-6,13H2,1-3H3. The number of rotatable bonds is 4. The molecule has 2 N–H and O–H groups in total. The largest absolute Gasteiger partial charge is 0.461 e. The zero-order valence-corrected chi connectivity index (χ0v) is 10.6. The van der Waals surface area contributed by atoms with Crippen LogP contribution in [0, 0.1) is 12.8 Å². The van der Waals surface area contributed by atoms with Crippen LogP contribution in [0.5, 0.6) is 0 Å². The lowest BCUT2D eigenvalue weighted by Crippen LogP contribution is -2.14. The molecule has 1 aliphatic rings. The highest BCUT2D eigenvalue weighted by atomic mass is 16.5. The van der Waals surface area contributed by atoms with E-state index < -0.39 is 5.97 Å². The summed E-state index contributed by atoms with van der Waals surface area (Å²) in [6.07, 6.45) is 2.46. The average molecular weight is 237 g/mol. The molecule has 1 unspecified atom stereocenters. The third kappa shape index (κ3) is 2.14. The third-order valence-electron chi connectivity index (χ3n) is 3.30. The lowest BCUT2D eigenvalue weighted by molar-refractivity contribution is 0.0521. The van der Waals surface area contributed by atoms with Crippen molar-refractivity contribution in [2.24, 2.45) is 5.92 Å². The van der Waals surface area contributed by atoms with Gasteiger partial charge in [0.2, 0.25) is 0 Å². The zero-order valence-electron chi connectivity index (χ0n) is 10.6. The topological polar surface area (TPSA) is 70.1 Å². The van der Waals surface area contributed by atoms with Gasteiger partial charge in [0.25, 0.3) is 0 Å². The van der Waals surface area contributed by atoms with Crippen LogP contribution in [-0.2, 0) is 4.74 Å². The molecule has 5 heteroatoms. The molecule has 5 nitrogen and oxygen atoms in total. The average Bonchev–Trinajstić information content (AvgIpc) is 3.05. The Morgan fingerprint density at radius 2 is 2.29 bits per heavy atom. The summed E-state index contributed by atoms with van der Waals surface area (Å²) >= 11 is 0. The number of carbonyl (C=O) groups excluding carboxylic acids is 1. The molecule has 1 fully saturated rings. The van der Waals surface area contributed by atoms with Gasteiger partial charge in [-0.1, -0.05) is 0 Å². The van der Waals surface area contributed by atoms with Gasteiger partial charge in [-0.25, -0.2) is 9.78 Å². The van der Waals surface area contributed by atoms with Crippen LogP contribution in [0.4, 0.5) is 5.82 Å². The van der Waals surface area contributed by atoms with Gasteiger partial charge in [0.1, 0.15) is 11.6 Å². The van der Waals surface area contributed by atoms with Crippen molar-refractivity contribution in [3.63, 3.8) is 0 Å². The Balaban J connectivity index is 2.30. The van der Waals surface area contributed by atoms with Crippen LogP contribution in [0.1, 0.15) is 49.0 Å². The summed E-state index contributed by atoms with van der Waals surface area (Å²) < 4.78 is 6.89. The number of imidazole rings is 1. The first-order valence-electron chi connectivity index (χ1n) is 6.07. The van der Waals surface area contributed by atoms with E-state index in [1.165, 1.54) is 12.8 Å². The predicted molar refractivity (Wildman–Crippen MR) is 64.8 cm³/mol. The highest BCUT2D eigenvalue weighted by molar-refractivity contribution is 5.92. The smallest absolute Gasteiger partial charge is 0.360 e. The number of aryl methyl sites for hydroxylation is 1. The van der Waals surface area contributed by atoms with Crippen LogP contribution in [0.25, 0.3) is 0 Å². The van der Waals surface area contributed by atoms with Crippen molar-refractivity contribution >= 4 is 11.8 Å². The van der Waals surface area contributed by atoms with Crippen molar-refractivity contribution in [3.05, 3.63) is 11.5 Å². The van der Waals surface area contributed by atoms with E-state index in [2.05, 4.69) is 11.9 Å². The molecule has 0 aromatic carbocycles. The van der Waals surface area contributed by atoms with Crippen molar-refractivity contribution < 1.29 is 9.53 Å². The number of anilines is 1. The van der Waals surface area contributed by atoms with E-state index >= 15 is 0 Å². The molecular weight excluding hydrogens is 218 g/mol. The molecule has 0 saturated heterocycles. The summed E-state index contributed by atoms with van der Waals surface area (Å²) in [5.41, 5.74) is 6.25. The molecule has 1 aliphatic carbocycles. The van der Waals surface area contributed by atoms with Crippen molar-refractivity contribution in [2.45, 2.75) is 39.7 Å². The van der Waals surface area contributed by atoms with Gasteiger partial charge in [-0.2, -0.15) is 0 Å². The third-order valence-corrected chi connectivity index (χ3v) is 3.30. The van der Waals surface area contributed by atoms with Crippen molar-refractivity contribution in [2.75, 3.05) is 12.3 Å². The van der Waals surface area contributed by atoms with E-state index in [1.807, 2.05) is 11.5 Å². The first-order chi connectivity index (χ1) is 8.06. The Labute approximate surface area is 101 Å². The van der Waals surface area contributed by atoms with Crippen LogP contribution in [0.2, 0.25) is 0 Å². The molecule has 0 aliphatic heterocycles. The van der Waals surface area contributed by atoms with E-state index in [4.69, 9.17) is 10.5 Å². The van der Waals surface area contributed by atoms with E-state index in [9.17, 15) is 4.79 Å². The quantitative estimate of drug-likeness (QED) is 0.812. The summed E-state index contributed by atoms with van der Waals surface area (Å²) in [5.74, 6) is 1.44. The number of carbonyl (C=O) groups is 1.